The van der Waals surface area contributed by atoms with Gasteiger partial charge in [-0.25, -0.2) is 4.39 Å². The van der Waals surface area contributed by atoms with Crippen LogP contribution in [0.3, 0.4) is 0 Å². The van der Waals surface area contributed by atoms with Gasteiger partial charge in [-0.15, -0.1) is 0 Å². The Morgan fingerprint density at radius 3 is 2.86 bits per heavy atom. The molecule has 2 atom stereocenters. The molecule has 1 aliphatic heterocycles. The molecule has 1 aliphatic rings. The summed E-state index contributed by atoms with van der Waals surface area (Å²) in [6.07, 6.45) is 2.28. The molecule has 114 valence electrons. The van der Waals surface area contributed by atoms with Gasteiger partial charge in [-0.1, -0.05) is 12.1 Å². The van der Waals surface area contributed by atoms with Gasteiger partial charge in [0.1, 0.15) is 11.6 Å². The number of aliphatic hydroxyl groups excluding tert-OH is 1. The van der Waals surface area contributed by atoms with E-state index in [1.807, 2.05) is 0 Å². The number of hydrogen-bond acceptors (Lipinski definition) is 4. The second kappa shape index (κ2) is 5.73. The number of aromatic hydroxyl groups is 1. The Balaban J connectivity index is 1.92. The van der Waals surface area contributed by atoms with Crippen molar-refractivity contribution in [3.8, 4) is 5.75 Å². The van der Waals surface area contributed by atoms with Gasteiger partial charge in [-0.05, 0) is 30.2 Å². The van der Waals surface area contributed by atoms with E-state index >= 15 is 0 Å². The quantitative estimate of drug-likeness (QED) is 0.888. The van der Waals surface area contributed by atoms with Crippen LogP contribution in [0.15, 0.2) is 42.7 Å². The molecule has 3 rings (SSSR count). The van der Waals surface area contributed by atoms with E-state index in [4.69, 9.17) is 0 Å². The van der Waals surface area contributed by atoms with E-state index in [9.17, 15) is 19.4 Å². The molecule has 0 bridgehead atoms. The van der Waals surface area contributed by atoms with Crippen molar-refractivity contribution in [2.75, 3.05) is 6.54 Å². The SMILES string of the molecule is O=C(c1cncc(O)c1)N1C[C@H](O)C[C@@H]1c1cccc(F)c1. The van der Waals surface area contributed by atoms with Crippen molar-refractivity contribution < 1.29 is 19.4 Å². The van der Waals surface area contributed by atoms with Gasteiger partial charge >= 0.3 is 0 Å². The third-order valence-corrected chi connectivity index (χ3v) is 3.74. The fourth-order valence-electron chi connectivity index (χ4n) is 2.78. The molecule has 0 radical (unpaired) electrons. The fraction of sp³-hybridized carbons (Fsp3) is 0.250. The molecule has 0 saturated carbocycles. The average molecular weight is 302 g/mol. The van der Waals surface area contributed by atoms with Crippen LogP contribution in [0.1, 0.15) is 28.4 Å². The number of aliphatic hydroxyl groups is 1. The summed E-state index contributed by atoms with van der Waals surface area (Å²) in [6, 6.07) is 6.92. The number of β-amino-alcohol motifs (C(OH)–C–C–N with tert-alkyl or cyclic N) is 1. The molecule has 0 aliphatic carbocycles. The minimum atomic E-state index is -0.664. The van der Waals surface area contributed by atoms with Crippen LogP contribution >= 0.6 is 0 Å². The van der Waals surface area contributed by atoms with E-state index in [2.05, 4.69) is 4.98 Å². The van der Waals surface area contributed by atoms with Crippen LogP contribution in [-0.2, 0) is 0 Å². The minimum absolute atomic E-state index is 0.104. The third-order valence-electron chi connectivity index (χ3n) is 3.74. The van der Waals surface area contributed by atoms with Gasteiger partial charge in [0.05, 0.1) is 23.9 Å². The number of benzene rings is 1. The number of carbonyl (C=O) groups excluding carboxylic acids is 1. The molecule has 0 unspecified atom stereocenters. The van der Waals surface area contributed by atoms with Crippen molar-refractivity contribution in [1.29, 1.82) is 0 Å². The van der Waals surface area contributed by atoms with Gasteiger partial charge in [0.25, 0.3) is 5.91 Å². The summed E-state index contributed by atoms with van der Waals surface area (Å²) in [6.45, 7) is 0.162. The molecule has 0 spiro atoms. The normalized spacial score (nSPS) is 21.1. The molecule has 1 aromatic heterocycles. The van der Waals surface area contributed by atoms with Gasteiger partial charge < -0.3 is 15.1 Å². The van der Waals surface area contributed by atoms with E-state index in [1.54, 1.807) is 12.1 Å². The maximum Gasteiger partial charge on any atom is 0.256 e. The Bertz CT molecular complexity index is 707. The number of nitrogens with zero attached hydrogens (tertiary/aromatic N) is 2. The van der Waals surface area contributed by atoms with E-state index < -0.39 is 12.1 Å². The van der Waals surface area contributed by atoms with E-state index in [1.165, 1.54) is 35.5 Å². The smallest absolute Gasteiger partial charge is 0.256 e. The van der Waals surface area contributed by atoms with Crippen molar-refractivity contribution >= 4 is 5.91 Å². The van der Waals surface area contributed by atoms with Gasteiger partial charge in [-0.2, -0.15) is 0 Å². The van der Waals surface area contributed by atoms with Gasteiger partial charge in [-0.3, -0.25) is 9.78 Å². The lowest BCUT2D eigenvalue weighted by atomic mass is 10.0. The molecule has 2 N–H and O–H groups in total. The van der Waals surface area contributed by atoms with E-state index in [0.717, 1.165) is 0 Å². The first-order valence-electron chi connectivity index (χ1n) is 6.93. The zero-order valence-corrected chi connectivity index (χ0v) is 11.7. The highest BCUT2D eigenvalue weighted by Gasteiger charge is 2.36. The minimum Gasteiger partial charge on any atom is -0.506 e. The predicted octanol–water partition coefficient (Wildman–Crippen LogP) is 1.87. The molecule has 2 aromatic rings. The first kappa shape index (κ1) is 14.5. The van der Waals surface area contributed by atoms with Crippen LogP contribution in [0.5, 0.6) is 5.75 Å². The van der Waals surface area contributed by atoms with Crippen molar-refractivity contribution in [1.82, 2.24) is 9.88 Å². The molecule has 22 heavy (non-hydrogen) atoms. The molecule has 5 nitrogen and oxygen atoms in total. The summed E-state index contributed by atoms with van der Waals surface area (Å²) in [5.74, 6) is -0.840. The van der Waals surface area contributed by atoms with Crippen LogP contribution in [0.25, 0.3) is 0 Å². The maximum atomic E-state index is 13.4. The van der Waals surface area contributed by atoms with Crippen LogP contribution in [-0.4, -0.2) is 38.7 Å². The number of hydrogen-bond donors (Lipinski definition) is 2. The lowest BCUT2D eigenvalue weighted by molar-refractivity contribution is 0.0714. The van der Waals surface area contributed by atoms with Crippen LogP contribution < -0.4 is 0 Å². The predicted molar refractivity (Wildman–Crippen MR) is 76.7 cm³/mol. The second-order valence-corrected chi connectivity index (χ2v) is 5.35. The maximum absolute atomic E-state index is 13.4. The lowest BCUT2D eigenvalue weighted by Crippen LogP contribution is -2.31. The van der Waals surface area contributed by atoms with Crippen molar-refractivity contribution in [2.24, 2.45) is 0 Å². The zero-order valence-electron chi connectivity index (χ0n) is 11.7. The standard InChI is InChI=1S/C16H15FN2O3/c17-12-3-1-2-10(4-12)15-6-14(21)9-19(15)16(22)11-5-13(20)8-18-7-11/h1-5,7-8,14-15,20-21H,6,9H2/t14-,15-/m1/s1. The molecule has 2 heterocycles. The Hall–Kier alpha value is -2.47. The number of halogens is 1. The lowest BCUT2D eigenvalue weighted by Gasteiger charge is -2.24. The van der Waals surface area contributed by atoms with Gasteiger partial charge in [0, 0.05) is 12.7 Å². The largest absolute Gasteiger partial charge is 0.506 e. The summed E-state index contributed by atoms with van der Waals surface area (Å²) < 4.78 is 13.4. The van der Waals surface area contributed by atoms with Crippen molar-refractivity contribution in [3.63, 3.8) is 0 Å². The second-order valence-electron chi connectivity index (χ2n) is 5.35. The first-order valence-corrected chi connectivity index (χ1v) is 6.93. The molecule has 6 heteroatoms. The highest BCUT2D eigenvalue weighted by Crippen LogP contribution is 2.33. The average Bonchev–Trinajstić information content (AvgIpc) is 2.88. The van der Waals surface area contributed by atoms with Crippen LogP contribution in [0, 0.1) is 5.82 Å². The molecular formula is C16H15FN2O3. The monoisotopic (exact) mass is 302 g/mol. The molecule has 1 amide bonds. The number of pyridine rings is 1. The van der Waals surface area contributed by atoms with Crippen molar-refractivity contribution in [2.45, 2.75) is 18.6 Å². The molecule has 1 fully saturated rings. The highest BCUT2D eigenvalue weighted by atomic mass is 19.1. The number of rotatable bonds is 2. The third kappa shape index (κ3) is 2.78. The number of aromatic nitrogens is 1. The van der Waals surface area contributed by atoms with E-state index in [0.29, 0.717) is 12.0 Å². The number of likely N-dealkylation sites (tertiary alicyclic amines) is 1. The highest BCUT2D eigenvalue weighted by molar-refractivity contribution is 5.94. The number of amides is 1. The Kier molecular flexibility index (Phi) is 3.77. The summed E-state index contributed by atoms with van der Waals surface area (Å²) in [4.78, 5) is 17.9. The Morgan fingerprint density at radius 2 is 2.14 bits per heavy atom. The van der Waals surface area contributed by atoms with Crippen molar-refractivity contribution in [3.05, 3.63) is 59.7 Å². The molecular weight excluding hydrogens is 287 g/mol. The van der Waals surface area contributed by atoms with Crippen LogP contribution in [0.2, 0.25) is 0 Å². The summed E-state index contributed by atoms with van der Waals surface area (Å²) in [5.41, 5.74) is 0.869. The van der Waals surface area contributed by atoms with Gasteiger partial charge in [0.15, 0.2) is 0 Å². The number of carbonyl (C=O) groups is 1. The summed E-state index contributed by atoms with van der Waals surface area (Å²) >= 11 is 0. The summed E-state index contributed by atoms with van der Waals surface area (Å²) in [5, 5.41) is 19.3. The zero-order chi connectivity index (χ0) is 15.7. The Morgan fingerprint density at radius 1 is 1.32 bits per heavy atom. The van der Waals surface area contributed by atoms with E-state index in [-0.39, 0.29) is 29.6 Å². The Labute approximate surface area is 126 Å². The summed E-state index contributed by atoms with van der Waals surface area (Å²) in [7, 11) is 0. The fourth-order valence-corrected chi connectivity index (χ4v) is 2.78. The molecule has 1 saturated heterocycles. The van der Waals surface area contributed by atoms with Gasteiger partial charge in [0.2, 0.25) is 0 Å². The topological polar surface area (TPSA) is 73.7 Å². The molecule has 1 aromatic carbocycles. The van der Waals surface area contributed by atoms with Crippen LogP contribution in [0.4, 0.5) is 4.39 Å². The first-order chi connectivity index (χ1) is 10.5.